The van der Waals surface area contributed by atoms with Gasteiger partial charge in [0.25, 0.3) is 0 Å². The SMILES string of the molecule is COc1ccc([C@H]2NC(=O)[C@@H](Cc3c[nH]c4ccccc34)N(C)C(=O)[C@H](C)NC(=O)[C@@H](C)C/C(C)=C/[C@@H](C)[C@@H](C)OC(=O)[C@H]2OC)cc1. The van der Waals surface area contributed by atoms with E-state index in [0.29, 0.717) is 17.7 Å². The van der Waals surface area contributed by atoms with Crippen LogP contribution in [-0.4, -0.2) is 79.1 Å². The van der Waals surface area contributed by atoms with E-state index in [1.807, 2.05) is 50.4 Å². The molecule has 3 N–H and O–H groups in total. The predicted molar refractivity (Wildman–Crippen MR) is 183 cm³/mol. The average Bonchev–Trinajstić information content (AvgIpc) is 3.48. The zero-order valence-electron chi connectivity index (χ0n) is 29.0. The Labute approximate surface area is 282 Å². The lowest BCUT2D eigenvalue weighted by atomic mass is 9.95. The van der Waals surface area contributed by atoms with Crippen LogP contribution in [0.4, 0.5) is 0 Å². The summed E-state index contributed by atoms with van der Waals surface area (Å²) in [6.45, 7) is 9.08. The fourth-order valence-electron chi connectivity index (χ4n) is 6.14. The largest absolute Gasteiger partial charge is 0.497 e. The number of aromatic nitrogens is 1. The number of cyclic esters (lactones) is 1. The number of nitrogens with one attached hydrogen (secondary N) is 3. The molecule has 3 amide bonds. The van der Waals surface area contributed by atoms with Crippen LogP contribution in [0.3, 0.4) is 0 Å². The van der Waals surface area contributed by atoms with E-state index >= 15 is 0 Å². The van der Waals surface area contributed by atoms with Crippen LogP contribution in [0.2, 0.25) is 0 Å². The average molecular weight is 661 g/mol. The van der Waals surface area contributed by atoms with Crippen LogP contribution in [-0.2, 0) is 35.1 Å². The lowest BCUT2D eigenvalue weighted by Crippen LogP contribution is -2.56. The third-order valence-electron chi connectivity index (χ3n) is 9.16. The maximum absolute atomic E-state index is 14.4. The fraction of sp³-hybridized carbons (Fsp3) is 0.459. The van der Waals surface area contributed by atoms with Crippen LogP contribution in [0.1, 0.15) is 58.2 Å². The quantitative estimate of drug-likeness (QED) is 0.271. The summed E-state index contributed by atoms with van der Waals surface area (Å²) in [6.07, 6.45) is 2.67. The number of benzene rings is 2. The molecular weight excluding hydrogens is 612 g/mol. The van der Waals surface area contributed by atoms with Crippen LogP contribution in [0.5, 0.6) is 5.75 Å². The lowest BCUT2D eigenvalue weighted by Gasteiger charge is -2.33. The van der Waals surface area contributed by atoms with Crippen molar-refractivity contribution < 1.29 is 33.4 Å². The summed E-state index contributed by atoms with van der Waals surface area (Å²) < 4.78 is 17.0. The third-order valence-corrected chi connectivity index (χ3v) is 9.16. The summed E-state index contributed by atoms with van der Waals surface area (Å²) >= 11 is 0. The summed E-state index contributed by atoms with van der Waals surface area (Å²) in [5, 5.41) is 6.79. The van der Waals surface area contributed by atoms with Gasteiger partial charge in [-0.05, 0) is 56.5 Å². The maximum atomic E-state index is 14.4. The number of H-pyrrole nitrogens is 1. The van der Waals surface area contributed by atoms with Crippen molar-refractivity contribution in [3.8, 4) is 5.75 Å². The molecule has 0 saturated carbocycles. The number of fused-ring (bicyclic) bond motifs is 1. The Bertz CT molecular complexity index is 1630. The number of nitrogens with zero attached hydrogens (tertiary/aromatic N) is 1. The number of hydrogen-bond acceptors (Lipinski definition) is 7. The molecule has 0 bridgehead atoms. The van der Waals surface area contributed by atoms with Gasteiger partial charge in [-0.1, -0.05) is 55.8 Å². The summed E-state index contributed by atoms with van der Waals surface area (Å²) in [7, 11) is 4.49. The molecular formula is C37H48N4O7. The Morgan fingerprint density at radius 3 is 2.27 bits per heavy atom. The molecule has 11 heteroatoms. The highest BCUT2D eigenvalue weighted by Gasteiger charge is 2.38. The monoisotopic (exact) mass is 660 g/mol. The van der Waals surface area contributed by atoms with Crippen LogP contribution in [0, 0.1) is 11.8 Å². The number of para-hydroxylation sites is 1. The van der Waals surface area contributed by atoms with E-state index in [1.54, 1.807) is 59.2 Å². The third kappa shape index (κ3) is 8.44. The number of likely N-dealkylation sites (N-methyl/N-ethyl adjacent to an activating group) is 1. The van der Waals surface area contributed by atoms with Gasteiger partial charge in [-0.3, -0.25) is 14.4 Å². The first-order valence-corrected chi connectivity index (χ1v) is 16.3. The molecule has 3 aromatic rings. The van der Waals surface area contributed by atoms with Gasteiger partial charge in [-0.15, -0.1) is 0 Å². The smallest absolute Gasteiger partial charge is 0.338 e. The molecule has 258 valence electrons. The highest BCUT2D eigenvalue weighted by molar-refractivity contribution is 5.93. The van der Waals surface area contributed by atoms with E-state index in [1.165, 1.54) is 12.0 Å². The molecule has 0 aliphatic carbocycles. The molecule has 1 aliphatic heterocycles. The minimum Gasteiger partial charge on any atom is -0.497 e. The Hall–Kier alpha value is -4.64. The van der Waals surface area contributed by atoms with Crippen molar-refractivity contribution in [2.75, 3.05) is 21.3 Å². The van der Waals surface area contributed by atoms with E-state index in [-0.39, 0.29) is 18.2 Å². The van der Waals surface area contributed by atoms with Gasteiger partial charge in [0, 0.05) is 49.5 Å². The number of rotatable bonds is 5. The molecule has 7 atom stereocenters. The Balaban J connectivity index is 1.80. The van der Waals surface area contributed by atoms with E-state index < -0.39 is 54.0 Å². The topological polar surface area (TPSA) is 139 Å². The van der Waals surface area contributed by atoms with Crippen molar-refractivity contribution in [2.45, 2.75) is 77.8 Å². The van der Waals surface area contributed by atoms with Crippen LogP contribution < -0.4 is 15.4 Å². The van der Waals surface area contributed by atoms with Crippen molar-refractivity contribution in [1.29, 1.82) is 0 Å². The fourth-order valence-corrected chi connectivity index (χ4v) is 6.14. The molecule has 2 aromatic carbocycles. The first-order chi connectivity index (χ1) is 22.8. The second kappa shape index (κ2) is 16.0. The molecule has 4 rings (SSSR count). The molecule has 1 aromatic heterocycles. The second-order valence-electron chi connectivity index (χ2n) is 12.8. The van der Waals surface area contributed by atoms with Crippen molar-refractivity contribution in [3.05, 3.63) is 77.5 Å². The first kappa shape index (κ1) is 36.2. The number of methoxy groups -OCH3 is 2. The van der Waals surface area contributed by atoms with E-state index in [4.69, 9.17) is 14.2 Å². The number of ether oxygens (including phenoxy) is 3. The number of aromatic amines is 1. The highest BCUT2D eigenvalue weighted by atomic mass is 16.6. The highest BCUT2D eigenvalue weighted by Crippen LogP contribution is 2.27. The van der Waals surface area contributed by atoms with Crippen molar-refractivity contribution in [2.24, 2.45) is 11.8 Å². The molecule has 0 unspecified atom stereocenters. The van der Waals surface area contributed by atoms with Gasteiger partial charge in [-0.2, -0.15) is 0 Å². The zero-order chi connectivity index (χ0) is 35.1. The van der Waals surface area contributed by atoms with Gasteiger partial charge in [0.1, 0.15) is 23.9 Å². The number of esters is 1. The predicted octanol–water partition coefficient (Wildman–Crippen LogP) is 4.48. The van der Waals surface area contributed by atoms with E-state index in [9.17, 15) is 19.2 Å². The van der Waals surface area contributed by atoms with E-state index in [0.717, 1.165) is 22.0 Å². The van der Waals surface area contributed by atoms with Crippen molar-refractivity contribution in [1.82, 2.24) is 20.5 Å². The summed E-state index contributed by atoms with van der Waals surface area (Å²) in [5.74, 6) is -1.87. The van der Waals surface area contributed by atoms with Crippen LogP contribution in [0.15, 0.2) is 66.4 Å². The summed E-state index contributed by atoms with van der Waals surface area (Å²) in [6, 6.07) is 11.7. The minimum atomic E-state index is -1.21. The molecule has 0 radical (unpaired) electrons. The number of hydrogen-bond donors (Lipinski definition) is 3. The Morgan fingerprint density at radius 2 is 1.60 bits per heavy atom. The molecule has 1 aliphatic rings. The van der Waals surface area contributed by atoms with Gasteiger partial charge in [0.05, 0.1) is 13.2 Å². The maximum Gasteiger partial charge on any atom is 0.338 e. The van der Waals surface area contributed by atoms with Crippen molar-refractivity contribution in [3.63, 3.8) is 0 Å². The lowest BCUT2D eigenvalue weighted by molar-refractivity contribution is -0.164. The number of amides is 3. The van der Waals surface area contributed by atoms with Gasteiger partial charge >= 0.3 is 5.97 Å². The minimum absolute atomic E-state index is 0.158. The summed E-state index contributed by atoms with van der Waals surface area (Å²) in [4.78, 5) is 59.8. The summed E-state index contributed by atoms with van der Waals surface area (Å²) in [5.41, 5.74) is 3.25. The second-order valence-corrected chi connectivity index (χ2v) is 12.8. The molecule has 0 spiro atoms. The van der Waals surface area contributed by atoms with Crippen molar-refractivity contribution >= 4 is 34.6 Å². The molecule has 0 fully saturated rings. The van der Waals surface area contributed by atoms with Gasteiger partial charge in [0.2, 0.25) is 17.7 Å². The molecule has 48 heavy (non-hydrogen) atoms. The molecule has 11 nitrogen and oxygen atoms in total. The Morgan fingerprint density at radius 1 is 0.917 bits per heavy atom. The number of carbonyl (C=O) groups excluding carboxylic acids is 4. The van der Waals surface area contributed by atoms with Gasteiger partial charge in [0.15, 0.2) is 6.10 Å². The standard InChI is InChI=1S/C37H48N4O7/c1-21-17-22(2)25(5)48-37(45)33(47-8)32(26-13-15-28(46-7)16-14-26)40-35(43)31(19-27-20-38-30-12-10-9-11-29(27)30)41(6)36(44)24(4)39-34(42)23(3)18-21/h9-17,20,22-25,31-33,38H,18-19H2,1-8H3,(H,39,42)(H,40,43)/b21-17+/t22-,23+,24+,25-,31-,32-,33+/m1/s1. The molecule has 0 saturated heterocycles. The molecule has 2 heterocycles. The van der Waals surface area contributed by atoms with Crippen LogP contribution in [0.25, 0.3) is 10.9 Å². The Kier molecular flexibility index (Phi) is 12.0. The van der Waals surface area contributed by atoms with E-state index in [2.05, 4.69) is 15.6 Å². The van der Waals surface area contributed by atoms with Crippen LogP contribution >= 0.6 is 0 Å². The number of allylic oxidation sites excluding steroid dienone is 1. The number of carbonyl (C=O) groups is 4. The zero-order valence-corrected chi connectivity index (χ0v) is 29.0. The van der Waals surface area contributed by atoms with Gasteiger partial charge < -0.3 is 34.7 Å². The normalized spacial score (nSPS) is 28.0. The van der Waals surface area contributed by atoms with Gasteiger partial charge in [-0.25, -0.2) is 4.79 Å². The first-order valence-electron chi connectivity index (χ1n) is 16.3.